The molecule has 0 N–H and O–H groups in total. The molecular weight excluding hydrogens is 252 g/mol. The van der Waals surface area contributed by atoms with Crippen molar-refractivity contribution in [3.8, 4) is 0 Å². The normalized spacial score (nSPS) is 11.8. The first kappa shape index (κ1) is 12.8. The predicted molar refractivity (Wildman–Crippen MR) is 69.5 cm³/mol. The van der Waals surface area contributed by atoms with Gasteiger partial charge in [0.25, 0.3) is 0 Å². The molecule has 5 heteroatoms. The first-order valence-corrected chi connectivity index (χ1v) is 7.56. The molecule has 18 heavy (non-hydrogen) atoms. The lowest BCUT2D eigenvalue weighted by atomic mass is 10.2. The first-order valence-electron chi connectivity index (χ1n) is 5.74. The van der Waals surface area contributed by atoms with E-state index in [1.54, 1.807) is 25.1 Å². The Hall–Kier alpha value is -1.62. The standard InChI is InChI=1S/C13H14O4S/c1-2-7-18(15,16)9-11(14)13-8-10-5-3-4-6-12(10)17-13/h3-6,8H,2,7,9H2,1H3. The SMILES string of the molecule is CCCS(=O)(=O)CC(=O)c1cc2ccccc2o1. The molecule has 96 valence electrons. The van der Waals surface area contributed by atoms with Crippen molar-refractivity contribution in [2.45, 2.75) is 13.3 Å². The van der Waals surface area contributed by atoms with Crippen molar-refractivity contribution in [3.63, 3.8) is 0 Å². The highest BCUT2D eigenvalue weighted by molar-refractivity contribution is 7.92. The van der Waals surface area contributed by atoms with Gasteiger partial charge in [-0.3, -0.25) is 4.79 Å². The number of sulfone groups is 1. The van der Waals surface area contributed by atoms with Gasteiger partial charge in [0.2, 0.25) is 5.78 Å². The van der Waals surface area contributed by atoms with Crippen LogP contribution in [0.4, 0.5) is 0 Å². The van der Waals surface area contributed by atoms with Crippen LogP contribution in [0.1, 0.15) is 23.9 Å². The number of hydrogen-bond donors (Lipinski definition) is 0. The highest BCUT2D eigenvalue weighted by atomic mass is 32.2. The van der Waals surface area contributed by atoms with Crippen LogP contribution in [0, 0.1) is 0 Å². The number of hydrogen-bond acceptors (Lipinski definition) is 4. The van der Waals surface area contributed by atoms with Crippen LogP contribution >= 0.6 is 0 Å². The van der Waals surface area contributed by atoms with Crippen molar-refractivity contribution in [1.82, 2.24) is 0 Å². The molecule has 0 bridgehead atoms. The van der Waals surface area contributed by atoms with E-state index < -0.39 is 21.4 Å². The molecule has 0 saturated carbocycles. The number of furan rings is 1. The van der Waals surface area contributed by atoms with Crippen LogP contribution in [-0.2, 0) is 9.84 Å². The molecule has 0 aliphatic carbocycles. The summed E-state index contributed by atoms with van der Waals surface area (Å²) in [6.07, 6.45) is 0.510. The van der Waals surface area contributed by atoms with Crippen LogP contribution in [0.15, 0.2) is 34.7 Å². The van der Waals surface area contributed by atoms with Gasteiger partial charge in [0.15, 0.2) is 15.6 Å². The summed E-state index contributed by atoms with van der Waals surface area (Å²) in [4.78, 5) is 11.8. The van der Waals surface area contributed by atoms with Crippen molar-refractivity contribution in [2.75, 3.05) is 11.5 Å². The zero-order chi connectivity index (χ0) is 13.2. The lowest BCUT2D eigenvalue weighted by Gasteiger charge is -1.99. The number of para-hydroxylation sites is 1. The molecule has 0 spiro atoms. The first-order chi connectivity index (χ1) is 8.52. The maximum absolute atomic E-state index is 11.8. The number of rotatable bonds is 5. The summed E-state index contributed by atoms with van der Waals surface area (Å²) in [7, 11) is -3.33. The van der Waals surface area contributed by atoms with Gasteiger partial charge in [-0.25, -0.2) is 8.42 Å². The average molecular weight is 266 g/mol. The lowest BCUT2D eigenvalue weighted by molar-refractivity contribution is 0.0992. The van der Waals surface area contributed by atoms with Gasteiger partial charge >= 0.3 is 0 Å². The smallest absolute Gasteiger partial charge is 0.213 e. The highest BCUT2D eigenvalue weighted by Gasteiger charge is 2.20. The van der Waals surface area contributed by atoms with Gasteiger partial charge in [-0.15, -0.1) is 0 Å². The fourth-order valence-corrected chi connectivity index (χ4v) is 3.08. The fourth-order valence-electron chi connectivity index (χ4n) is 1.77. The predicted octanol–water partition coefficient (Wildman–Crippen LogP) is 2.44. The van der Waals surface area contributed by atoms with Crippen LogP contribution in [0.25, 0.3) is 11.0 Å². The lowest BCUT2D eigenvalue weighted by Crippen LogP contribution is -2.18. The molecule has 1 aromatic carbocycles. The number of benzene rings is 1. The largest absolute Gasteiger partial charge is 0.453 e. The van der Waals surface area contributed by atoms with Gasteiger partial charge in [-0.2, -0.15) is 0 Å². The summed E-state index contributed by atoms with van der Waals surface area (Å²) in [5, 5.41) is 0.800. The Morgan fingerprint density at radius 3 is 2.67 bits per heavy atom. The van der Waals surface area contributed by atoms with Crippen LogP contribution in [0.2, 0.25) is 0 Å². The second-order valence-corrected chi connectivity index (χ2v) is 6.35. The molecule has 0 atom stereocenters. The van der Waals surface area contributed by atoms with Gasteiger partial charge in [-0.1, -0.05) is 25.1 Å². The van der Waals surface area contributed by atoms with Gasteiger partial charge in [0.05, 0.1) is 5.75 Å². The van der Waals surface area contributed by atoms with E-state index in [1.165, 1.54) is 0 Å². The fraction of sp³-hybridized carbons (Fsp3) is 0.308. The van der Waals surface area contributed by atoms with Gasteiger partial charge in [0.1, 0.15) is 11.3 Å². The Balaban J connectivity index is 2.24. The van der Waals surface area contributed by atoms with E-state index >= 15 is 0 Å². The van der Waals surface area contributed by atoms with E-state index in [4.69, 9.17) is 4.42 Å². The van der Waals surface area contributed by atoms with Gasteiger partial charge < -0.3 is 4.42 Å². The van der Waals surface area contributed by atoms with Crippen LogP contribution in [0.3, 0.4) is 0 Å². The van der Waals surface area contributed by atoms with Crippen molar-refractivity contribution < 1.29 is 17.6 Å². The molecule has 4 nitrogen and oxygen atoms in total. The third kappa shape index (κ3) is 2.79. The van der Waals surface area contributed by atoms with E-state index in [2.05, 4.69) is 0 Å². The topological polar surface area (TPSA) is 64.3 Å². The minimum atomic E-state index is -3.33. The summed E-state index contributed by atoms with van der Waals surface area (Å²) < 4.78 is 28.5. The molecule has 0 aliphatic rings. The third-order valence-corrected chi connectivity index (χ3v) is 4.30. The molecule has 0 saturated heterocycles. The number of fused-ring (bicyclic) bond motifs is 1. The summed E-state index contributed by atoms with van der Waals surface area (Å²) in [6, 6.07) is 8.77. The number of carbonyl (C=O) groups excluding carboxylic acids is 1. The zero-order valence-corrected chi connectivity index (χ0v) is 10.9. The Bertz CT molecular complexity index is 634. The quantitative estimate of drug-likeness (QED) is 0.780. The van der Waals surface area contributed by atoms with Gasteiger partial charge in [-0.05, 0) is 18.6 Å². The summed E-state index contributed by atoms with van der Waals surface area (Å²) in [5.41, 5.74) is 0.591. The van der Waals surface area contributed by atoms with E-state index in [0.717, 1.165) is 5.39 Å². The van der Waals surface area contributed by atoms with E-state index in [9.17, 15) is 13.2 Å². The molecule has 0 unspecified atom stereocenters. The average Bonchev–Trinajstić information content (AvgIpc) is 2.71. The molecule has 1 heterocycles. The Labute approximate surface area is 106 Å². The summed E-state index contributed by atoms with van der Waals surface area (Å²) >= 11 is 0. The van der Waals surface area contributed by atoms with Crippen LogP contribution in [-0.4, -0.2) is 25.7 Å². The van der Waals surface area contributed by atoms with Crippen molar-refractivity contribution in [1.29, 1.82) is 0 Å². The molecule has 0 aliphatic heterocycles. The summed E-state index contributed by atoms with van der Waals surface area (Å²) in [5.74, 6) is -0.838. The van der Waals surface area contributed by atoms with Crippen molar-refractivity contribution in [2.24, 2.45) is 0 Å². The number of carbonyl (C=O) groups is 1. The van der Waals surface area contributed by atoms with Crippen LogP contribution in [0.5, 0.6) is 0 Å². The van der Waals surface area contributed by atoms with Crippen LogP contribution < -0.4 is 0 Å². The number of Topliss-reactive ketones (excluding diaryl/α,β-unsaturated/α-hetero) is 1. The molecular formula is C13H14O4S. The zero-order valence-electron chi connectivity index (χ0n) is 10.0. The monoisotopic (exact) mass is 266 g/mol. The molecule has 0 amide bonds. The molecule has 0 fully saturated rings. The van der Waals surface area contributed by atoms with E-state index in [1.807, 2.05) is 12.1 Å². The minimum Gasteiger partial charge on any atom is -0.453 e. The Kier molecular flexibility index (Phi) is 3.52. The van der Waals surface area contributed by atoms with Gasteiger partial charge in [0, 0.05) is 5.39 Å². The maximum Gasteiger partial charge on any atom is 0.213 e. The second-order valence-electron chi connectivity index (χ2n) is 4.16. The minimum absolute atomic E-state index is 0.0268. The Morgan fingerprint density at radius 2 is 2.00 bits per heavy atom. The van der Waals surface area contributed by atoms with Crippen molar-refractivity contribution >= 4 is 26.6 Å². The number of ketones is 1. The maximum atomic E-state index is 11.8. The molecule has 1 aromatic heterocycles. The highest BCUT2D eigenvalue weighted by Crippen LogP contribution is 2.19. The van der Waals surface area contributed by atoms with Crippen molar-refractivity contribution in [3.05, 3.63) is 36.1 Å². The molecule has 2 rings (SSSR count). The third-order valence-electron chi connectivity index (χ3n) is 2.57. The summed E-state index contributed by atoms with van der Waals surface area (Å²) in [6.45, 7) is 1.77. The molecule has 2 aromatic rings. The van der Waals surface area contributed by atoms with E-state index in [-0.39, 0.29) is 11.5 Å². The van der Waals surface area contributed by atoms with E-state index in [0.29, 0.717) is 12.0 Å². The Morgan fingerprint density at radius 1 is 1.28 bits per heavy atom. The second kappa shape index (κ2) is 4.94. The molecule has 0 radical (unpaired) electrons.